The monoisotopic (exact) mass is 243 g/mol. The van der Waals surface area contributed by atoms with Gasteiger partial charge < -0.3 is 15.2 Å². The van der Waals surface area contributed by atoms with Crippen molar-refractivity contribution >= 4 is 11.9 Å². The Balaban J connectivity index is 2.35. The average molecular weight is 243 g/mol. The smallest absolute Gasteiger partial charge is 0.329 e. The van der Waals surface area contributed by atoms with Crippen LogP contribution in [0.15, 0.2) is 0 Å². The molecule has 0 spiro atoms. The molecule has 0 aromatic rings. The molecule has 17 heavy (non-hydrogen) atoms. The average Bonchev–Trinajstić information content (AvgIpc) is 3.07. The van der Waals surface area contributed by atoms with E-state index in [-0.39, 0.29) is 18.2 Å². The van der Waals surface area contributed by atoms with Crippen LogP contribution in [0.2, 0.25) is 0 Å². The zero-order valence-electron chi connectivity index (χ0n) is 10.5. The summed E-state index contributed by atoms with van der Waals surface area (Å²) >= 11 is 0. The second-order valence-corrected chi connectivity index (χ2v) is 4.69. The number of ether oxygens (including phenoxy) is 1. The fourth-order valence-electron chi connectivity index (χ4n) is 1.75. The highest BCUT2D eigenvalue weighted by molar-refractivity contribution is 5.87. The van der Waals surface area contributed by atoms with Gasteiger partial charge in [0.1, 0.15) is 5.54 Å². The van der Waals surface area contributed by atoms with E-state index in [1.165, 1.54) is 0 Å². The lowest BCUT2D eigenvalue weighted by molar-refractivity contribution is -0.148. The molecule has 0 bridgehead atoms. The fourth-order valence-corrected chi connectivity index (χ4v) is 1.75. The van der Waals surface area contributed by atoms with Crippen LogP contribution in [-0.2, 0) is 14.3 Å². The van der Waals surface area contributed by atoms with Crippen molar-refractivity contribution in [1.82, 2.24) is 5.32 Å². The second-order valence-electron chi connectivity index (χ2n) is 4.69. The molecule has 5 nitrogen and oxygen atoms in total. The zero-order chi connectivity index (χ0) is 12.9. The van der Waals surface area contributed by atoms with E-state index in [9.17, 15) is 9.59 Å². The van der Waals surface area contributed by atoms with E-state index >= 15 is 0 Å². The quantitative estimate of drug-likeness (QED) is 0.627. The van der Waals surface area contributed by atoms with Crippen molar-refractivity contribution in [3.63, 3.8) is 0 Å². The van der Waals surface area contributed by atoms with E-state index in [0.29, 0.717) is 13.2 Å². The third-order valence-corrected chi connectivity index (χ3v) is 3.06. The second kappa shape index (κ2) is 6.00. The first-order valence-electron chi connectivity index (χ1n) is 6.13. The van der Waals surface area contributed by atoms with Crippen LogP contribution in [-0.4, -0.2) is 35.7 Å². The number of carboxylic acids is 1. The molecule has 1 unspecified atom stereocenters. The van der Waals surface area contributed by atoms with Crippen LogP contribution in [0.4, 0.5) is 0 Å². The molecule has 1 amide bonds. The maximum absolute atomic E-state index is 11.6. The van der Waals surface area contributed by atoms with Gasteiger partial charge in [0, 0.05) is 13.0 Å². The molecule has 1 fully saturated rings. The van der Waals surface area contributed by atoms with Crippen molar-refractivity contribution in [2.75, 3.05) is 13.2 Å². The highest BCUT2D eigenvalue weighted by Gasteiger charge is 2.48. The van der Waals surface area contributed by atoms with Crippen LogP contribution in [0, 0.1) is 5.92 Å². The van der Waals surface area contributed by atoms with Gasteiger partial charge in [-0.3, -0.25) is 4.79 Å². The summed E-state index contributed by atoms with van der Waals surface area (Å²) in [6.45, 7) is 4.55. The molecule has 98 valence electrons. The maximum atomic E-state index is 11.6. The number of rotatable bonds is 8. The Hall–Kier alpha value is -1.10. The molecule has 1 atom stereocenters. The Kier molecular flexibility index (Phi) is 4.93. The van der Waals surface area contributed by atoms with Gasteiger partial charge in [-0.1, -0.05) is 6.92 Å². The maximum Gasteiger partial charge on any atom is 0.329 e. The number of nitrogens with one attached hydrogen (secondary N) is 1. The van der Waals surface area contributed by atoms with Crippen molar-refractivity contribution in [1.29, 1.82) is 0 Å². The minimum atomic E-state index is -1.11. The first kappa shape index (κ1) is 14.0. The van der Waals surface area contributed by atoms with Gasteiger partial charge in [-0.25, -0.2) is 4.79 Å². The van der Waals surface area contributed by atoms with Gasteiger partial charge in [-0.05, 0) is 32.1 Å². The number of carboxylic acid groups (broad SMARTS) is 1. The van der Waals surface area contributed by atoms with E-state index in [1.807, 2.05) is 6.92 Å². The summed E-state index contributed by atoms with van der Waals surface area (Å²) in [6, 6.07) is 0. The lowest BCUT2D eigenvalue weighted by Crippen LogP contribution is -2.54. The Bertz CT molecular complexity index is 288. The van der Waals surface area contributed by atoms with Crippen LogP contribution in [0.1, 0.15) is 39.5 Å². The molecule has 0 aromatic heterocycles. The Labute approximate surface area is 102 Å². The van der Waals surface area contributed by atoms with Gasteiger partial charge in [0.2, 0.25) is 5.91 Å². The standard InChI is InChI=1S/C12H21NO4/c1-3-7-17-8-6-10(14)13-12(2,11(15)16)9-4-5-9/h9H,3-8H2,1-2H3,(H,13,14)(H,15,16). The van der Waals surface area contributed by atoms with E-state index < -0.39 is 11.5 Å². The molecule has 2 N–H and O–H groups in total. The van der Waals surface area contributed by atoms with E-state index in [1.54, 1.807) is 6.92 Å². The molecular formula is C12H21NO4. The van der Waals surface area contributed by atoms with E-state index in [4.69, 9.17) is 9.84 Å². The Morgan fingerprint density at radius 2 is 2.06 bits per heavy atom. The largest absolute Gasteiger partial charge is 0.480 e. The molecule has 5 heteroatoms. The molecule has 0 saturated heterocycles. The van der Waals surface area contributed by atoms with Crippen LogP contribution < -0.4 is 5.32 Å². The molecule has 0 radical (unpaired) electrons. The van der Waals surface area contributed by atoms with Crippen molar-refractivity contribution in [3.05, 3.63) is 0 Å². The van der Waals surface area contributed by atoms with Gasteiger partial charge in [-0.15, -0.1) is 0 Å². The molecule has 0 aromatic carbocycles. The summed E-state index contributed by atoms with van der Waals surface area (Å²) in [7, 11) is 0. The number of aliphatic carboxylic acids is 1. The van der Waals surface area contributed by atoms with Gasteiger partial charge in [0.05, 0.1) is 6.61 Å². The minimum absolute atomic E-state index is 0.0699. The molecule has 1 rings (SSSR count). The summed E-state index contributed by atoms with van der Waals surface area (Å²) in [5.74, 6) is -1.14. The lowest BCUT2D eigenvalue weighted by Gasteiger charge is -2.26. The molecule has 0 heterocycles. The first-order valence-corrected chi connectivity index (χ1v) is 6.13. The number of hydrogen-bond acceptors (Lipinski definition) is 3. The SMILES string of the molecule is CCCOCCC(=O)NC(C)(C(=O)O)C1CC1. The minimum Gasteiger partial charge on any atom is -0.480 e. The Morgan fingerprint density at radius 3 is 2.53 bits per heavy atom. The van der Waals surface area contributed by atoms with Crippen LogP contribution in [0.5, 0.6) is 0 Å². The Morgan fingerprint density at radius 1 is 1.41 bits per heavy atom. The summed E-state index contributed by atoms with van der Waals surface area (Å²) in [4.78, 5) is 22.8. The highest BCUT2D eigenvalue weighted by atomic mass is 16.5. The van der Waals surface area contributed by atoms with Crippen LogP contribution in [0.3, 0.4) is 0 Å². The van der Waals surface area contributed by atoms with Crippen LogP contribution >= 0.6 is 0 Å². The van der Waals surface area contributed by atoms with E-state index in [2.05, 4.69) is 5.32 Å². The lowest BCUT2D eigenvalue weighted by atomic mass is 9.96. The zero-order valence-corrected chi connectivity index (χ0v) is 10.5. The van der Waals surface area contributed by atoms with Gasteiger partial charge >= 0.3 is 5.97 Å². The van der Waals surface area contributed by atoms with Crippen molar-refractivity contribution < 1.29 is 19.4 Å². The summed E-state index contributed by atoms with van der Waals surface area (Å²) in [6.07, 6.45) is 2.87. The van der Waals surface area contributed by atoms with Crippen molar-refractivity contribution in [3.8, 4) is 0 Å². The van der Waals surface area contributed by atoms with Gasteiger partial charge in [0.25, 0.3) is 0 Å². The summed E-state index contributed by atoms with van der Waals surface area (Å²) in [5.41, 5.74) is -1.11. The molecule has 0 aliphatic heterocycles. The van der Waals surface area contributed by atoms with Gasteiger partial charge in [0.15, 0.2) is 0 Å². The van der Waals surface area contributed by atoms with Crippen molar-refractivity contribution in [2.24, 2.45) is 5.92 Å². The number of amides is 1. The fraction of sp³-hybridized carbons (Fsp3) is 0.833. The predicted octanol–water partition coefficient (Wildman–Crippen LogP) is 1.17. The normalized spacial score (nSPS) is 18.5. The molecule has 1 saturated carbocycles. The van der Waals surface area contributed by atoms with Gasteiger partial charge in [-0.2, -0.15) is 0 Å². The number of carbonyl (C=O) groups is 2. The third-order valence-electron chi connectivity index (χ3n) is 3.06. The molecule has 1 aliphatic rings. The molecule has 1 aliphatic carbocycles. The van der Waals surface area contributed by atoms with Crippen molar-refractivity contribution in [2.45, 2.75) is 45.1 Å². The first-order chi connectivity index (χ1) is 8.00. The highest BCUT2D eigenvalue weighted by Crippen LogP contribution is 2.39. The topological polar surface area (TPSA) is 75.6 Å². The summed E-state index contributed by atoms with van der Waals surface area (Å²) in [5, 5.41) is 11.8. The predicted molar refractivity (Wildman–Crippen MR) is 62.6 cm³/mol. The number of hydrogen-bond donors (Lipinski definition) is 2. The van der Waals surface area contributed by atoms with Crippen LogP contribution in [0.25, 0.3) is 0 Å². The summed E-state index contributed by atoms with van der Waals surface area (Å²) < 4.78 is 5.20. The number of carbonyl (C=O) groups excluding carboxylic acids is 1. The van der Waals surface area contributed by atoms with E-state index in [0.717, 1.165) is 19.3 Å². The molecular weight excluding hydrogens is 222 g/mol. The third kappa shape index (κ3) is 4.00.